The van der Waals surface area contributed by atoms with Gasteiger partial charge in [0.25, 0.3) is 0 Å². The highest BCUT2D eigenvalue weighted by molar-refractivity contribution is 6.90. The maximum atomic E-state index is 6.63. The molecule has 2 N–H and O–H groups in total. The third-order valence-electron chi connectivity index (χ3n) is 2.57. The van der Waals surface area contributed by atoms with Crippen LogP contribution < -0.4 is 5.73 Å². The van der Waals surface area contributed by atoms with Gasteiger partial charge in [-0.15, -0.1) is 0 Å². The van der Waals surface area contributed by atoms with Gasteiger partial charge in [-0.3, -0.25) is 0 Å². The van der Waals surface area contributed by atoms with E-state index in [9.17, 15) is 0 Å². The monoisotopic (exact) mass is 381 g/mol. The van der Waals surface area contributed by atoms with E-state index in [-0.39, 0.29) is 0 Å². The van der Waals surface area contributed by atoms with Crippen LogP contribution in [0.1, 0.15) is 19.3 Å². The van der Waals surface area contributed by atoms with Crippen molar-refractivity contribution in [3.05, 3.63) is 0 Å². The van der Waals surface area contributed by atoms with Crippen molar-refractivity contribution in [1.29, 1.82) is 0 Å². The van der Waals surface area contributed by atoms with E-state index in [4.69, 9.17) is 18.1 Å². The number of nitrogens with two attached hydrogens (primary N) is 1. The lowest BCUT2D eigenvalue weighted by molar-refractivity contribution is 0.250. The first-order valence-electron chi connectivity index (χ1n) is 8.49. The zero-order valence-corrected chi connectivity index (χ0v) is 20.3. The minimum absolute atomic E-state index is 0.757. The highest BCUT2D eigenvalue weighted by atomic mass is 28.5. The molecule has 4 nitrogen and oxygen atoms in total. The van der Waals surface area contributed by atoms with Gasteiger partial charge in [-0.2, -0.15) is 0 Å². The Morgan fingerprint density at radius 3 is 1.23 bits per heavy atom. The fraction of sp³-hybridized carbons (Fsp3) is 1.00. The molecule has 0 spiro atoms. The molecule has 0 aromatic carbocycles. The number of rotatable bonds is 11. The molecular formula is C14H39NO3Si4. The van der Waals surface area contributed by atoms with Crippen LogP contribution in [0.3, 0.4) is 0 Å². The minimum Gasteiger partial charge on any atom is -0.417 e. The SMILES string of the molecule is C[Si](C)(C)O[Si](CCCCCN)(O[Si](C)(C)C)O[Si](C)(C)C. The Morgan fingerprint density at radius 2 is 0.955 bits per heavy atom. The predicted molar refractivity (Wildman–Crippen MR) is 107 cm³/mol. The molecule has 0 heterocycles. The summed E-state index contributed by atoms with van der Waals surface area (Å²) in [6.45, 7) is 20.8. The summed E-state index contributed by atoms with van der Waals surface area (Å²) in [6.07, 6.45) is 3.28. The summed E-state index contributed by atoms with van der Waals surface area (Å²) < 4.78 is 19.9. The van der Waals surface area contributed by atoms with Crippen LogP contribution in [0, 0.1) is 0 Å². The molecular weight excluding hydrogens is 343 g/mol. The molecule has 0 amide bonds. The molecule has 0 fully saturated rings. The third-order valence-corrected chi connectivity index (χ3v) is 14.6. The molecule has 134 valence electrons. The molecule has 0 bridgehead atoms. The summed E-state index contributed by atoms with van der Waals surface area (Å²) in [5.74, 6) is 0. The lowest BCUT2D eigenvalue weighted by Gasteiger charge is -2.43. The van der Waals surface area contributed by atoms with E-state index in [1.807, 2.05) is 0 Å². The van der Waals surface area contributed by atoms with Crippen molar-refractivity contribution in [2.24, 2.45) is 5.73 Å². The van der Waals surface area contributed by atoms with Crippen LogP contribution in [0.15, 0.2) is 0 Å². The fourth-order valence-corrected chi connectivity index (χ4v) is 17.0. The van der Waals surface area contributed by atoms with Crippen molar-refractivity contribution in [2.45, 2.75) is 84.2 Å². The van der Waals surface area contributed by atoms with Crippen molar-refractivity contribution < 1.29 is 12.3 Å². The van der Waals surface area contributed by atoms with E-state index in [2.05, 4.69) is 58.9 Å². The van der Waals surface area contributed by atoms with E-state index in [0.717, 1.165) is 31.9 Å². The smallest absolute Gasteiger partial charge is 0.417 e. The van der Waals surface area contributed by atoms with Crippen molar-refractivity contribution >= 4 is 33.8 Å². The quantitative estimate of drug-likeness (QED) is 0.419. The first-order chi connectivity index (χ1) is 9.68. The van der Waals surface area contributed by atoms with Gasteiger partial charge in [0.2, 0.25) is 0 Å². The van der Waals surface area contributed by atoms with E-state index in [1.54, 1.807) is 0 Å². The third kappa shape index (κ3) is 12.2. The predicted octanol–water partition coefficient (Wildman–Crippen LogP) is 4.61. The first kappa shape index (κ1) is 22.7. The minimum atomic E-state index is -2.61. The second-order valence-corrected chi connectivity index (χ2v) is 25.9. The van der Waals surface area contributed by atoms with Gasteiger partial charge in [0.05, 0.1) is 0 Å². The number of hydrogen-bond acceptors (Lipinski definition) is 4. The molecule has 0 atom stereocenters. The maximum absolute atomic E-state index is 6.63. The van der Waals surface area contributed by atoms with Gasteiger partial charge in [-0.25, -0.2) is 0 Å². The highest BCUT2D eigenvalue weighted by Crippen LogP contribution is 2.30. The first-order valence-corrected chi connectivity index (χ1v) is 20.6. The van der Waals surface area contributed by atoms with E-state index < -0.39 is 33.8 Å². The Bertz CT molecular complexity index is 281. The molecule has 8 heteroatoms. The van der Waals surface area contributed by atoms with Crippen LogP contribution >= 0.6 is 0 Å². The van der Waals surface area contributed by atoms with Gasteiger partial charge in [0.1, 0.15) is 0 Å². The molecule has 0 saturated heterocycles. The number of hydrogen-bond donors (Lipinski definition) is 1. The topological polar surface area (TPSA) is 53.7 Å². The molecule has 0 unspecified atom stereocenters. The Morgan fingerprint density at radius 1 is 0.591 bits per heavy atom. The van der Waals surface area contributed by atoms with Crippen molar-refractivity contribution in [1.82, 2.24) is 0 Å². The van der Waals surface area contributed by atoms with Crippen LogP contribution in [0.4, 0.5) is 0 Å². The molecule has 0 aliphatic heterocycles. The van der Waals surface area contributed by atoms with Gasteiger partial charge in [-0.1, -0.05) is 6.42 Å². The molecule has 0 aliphatic rings. The summed E-state index contributed by atoms with van der Waals surface area (Å²) >= 11 is 0. The molecule has 0 rings (SSSR count). The second kappa shape index (κ2) is 8.70. The second-order valence-electron chi connectivity index (χ2n) is 8.93. The maximum Gasteiger partial charge on any atom is 0.469 e. The highest BCUT2D eigenvalue weighted by Gasteiger charge is 2.49. The summed E-state index contributed by atoms with van der Waals surface area (Å²) in [7, 11) is -7.79. The van der Waals surface area contributed by atoms with Crippen LogP contribution in [0.25, 0.3) is 0 Å². The average molecular weight is 382 g/mol. The summed E-state index contributed by atoms with van der Waals surface area (Å²) in [5.41, 5.74) is 5.62. The Labute approximate surface area is 142 Å². The van der Waals surface area contributed by atoms with Crippen LogP contribution in [-0.4, -0.2) is 40.3 Å². The Kier molecular flexibility index (Phi) is 8.98. The molecule has 0 aromatic rings. The molecule has 22 heavy (non-hydrogen) atoms. The van der Waals surface area contributed by atoms with Crippen molar-refractivity contribution in [3.8, 4) is 0 Å². The zero-order valence-electron chi connectivity index (χ0n) is 16.3. The normalized spacial score (nSPS) is 14.5. The Balaban J connectivity index is 5.30. The zero-order chi connectivity index (χ0) is 17.7. The summed E-state index contributed by atoms with van der Waals surface area (Å²) in [5, 5.41) is 0. The van der Waals surface area contributed by atoms with Gasteiger partial charge in [-0.05, 0) is 78.3 Å². The summed E-state index contributed by atoms with van der Waals surface area (Å²) in [4.78, 5) is 0. The number of unbranched alkanes of at least 4 members (excludes halogenated alkanes) is 2. The lowest BCUT2D eigenvalue weighted by atomic mass is 10.2. The molecule has 0 aliphatic carbocycles. The Hall–Kier alpha value is 0.708. The largest absolute Gasteiger partial charge is 0.469 e. The van der Waals surface area contributed by atoms with Crippen LogP contribution in [0.2, 0.25) is 65.0 Å². The van der Waals surface area contributed by atoms with Gasteiger partial charge in [0, 0.05) is 6.04 Å². The molecule has 0 aromatic heterocycles. The van der Waals surface area contributed by atoms with Crippen molar-refractivity contribution in [2.75, 3.05) is 6.54 Å². The van der Waals surface area contributed by atoms with E-state index >= 15 is 0 Å². The van der Waals surface area contributed by atoms with Gasteiger partial charge in [0.15, 0.2) is 25.0 Å². The standard InChI is InChI=1S/C14H39NO3Si4/c1-19(2,3)16-22(17-20(4,5)6,18-21(7,8)9)14-12-10-11-13-15/h10-15H2,1-9H3. The van der Waals surface area contributed by atoms with Crippen LogP contribution in [-0.2, 0) is 12.3 Å². The van der Waals surface area contributed by atoms with Crippen LogP contribution in [0.5, 0.6) is 0 Å². The lowest BCUT2D eigenvalue weighted by Crippen LogP contribution is -2.60. The van der Waals surface area contributed by atoms with E-state index in [1.165, 1.54) is 0 Å². The molecule has 0 saturated carbocycles. The molecule has 0 radical (unpaired) electrons. The van der Waals surface area contributed by atoms with E-state index in [0.29, 0.717) is 0 Å². The van der Waals surface area contributed by atoms with Gasteiger partial charge < -0.3 is 18.1 Å². The average Bonchev–Trinajstić information content (AvgIpc) is 2.16. The van der Waals surface area contributed by atoms with Gasteiger partial charge >= 0.3 is 8.80 Å². The fourth-order valence-electron chi connectivity index (χ4n) is 2.28. The summed E-state index contributed by atoms with van der Waals surface area (Å²) in [6, 6.07) is 0.936. The van der Waals surface area contributed by atoms with Crippen molar-refractivity contribution in [3.63, 3.8) is 0 Å².